The van der Waals surface area contributed by atoms with Gasteiger partial charge in [0, 0.05) is 13.1 Å². The van der Waals surface area contributed by atoms with E-state index in [-0.39, 0.29) is 16.6 Å². The number of rotatable bonds is 5. The lowest BCUT2D eigenvalue weighted by molar-refractivity contribution is 0.437. The Morgan fingerprint density at radius 2 is 2.06 bits per heavy atom. The molecule has 0 aromatic carbocycles. The Morgan fingerprint density at radius 3 is 2.59 bits per heavy atom. The predicted octanol–water partition coefficient (Wildman–Crippen LogP) is 2.67. The highest BCUT2D eigenvalue weighted by molar-refractivity contribution is 6.32. The molecule has 0 saturated carbocycles. The van der Waals surface area contributed by atoms with Crippen molar-refractivity contribution >= 4 is 17.3 Å². The van der Waals surface area contributed by atoms with Crippen molar-refractivity contribution in [2.75, 3.05) is 5.32 Å². The minimum atomic E-state index is -0.270. The predicted molar refractivity (Wildman–Crippen MR) is 71.6 cm³/mol. The van der Waals surface area contributed by atoms with Gasteiger partial charge in [0.1, 0.15) is 5.02 Å². The van der Waals surface area contributed by atoms with Crippen LogP contribution in [-0.2, 0) is 7.05 Å². The average Bonchev–Trinajstić information content (AvgIpc) is 2.31. The van der Waals surface area contributed by atoms with E-state index in [1.54, 1.807) is 13.2 Å². The van der Waals surface area contributed by atoms with E-state index in [9.17, 15) is 4.79 Å². The van der Waals surface area contributed by atoms with Crippen molar-refractivity contribution < 1.29 is 0 Å². The van der Waals surface area contributed by atoms with Gasteiger partial charge in [0.2, 0.25) is 0 Å². The van der Waals surface area contributed by atoms with Crippen molar-refractivity contribution in [3.8, 4) is 0 Å². The van der Waals surface area contributed by atoms with E-state index in [0.717, 1.165) is 12.8 Å². The van der Waals surface area contributed by atoms with Crippen molar-refractivity contribution in [3.05, 3.63) is 21.6 Å². The topological polar surface area (TPSA) is 46.9 Å². The molecule has 0 bridgehead atoms. The van der Waals surface area contributed by atoms with E-state index in [1.807, 2.05) is 0 Å². The molecule has 0 aliphatic heterocycles. The van der Waals surface area contributed by atoms with Crippen LogP contribution in [0.3, 0.4) is 0 Å². The quantitative estimate of drug-likeness (QED) is 0.882. The molecule has 0 fully saturated rings. The number of nitrogens with zero attached hydrogens (tertiary/aromatic N) is 2. The van der Waals surface area contributed by atoms with Gasteiger partial charge in [-0.3, -0.25) is 4.79 Å². The zero-order valence-electron chi connectivity index (χ0n) is 10.8. The molecule has 4 nitrogen and oxygen atoms in total. The number of hydrogen-bond acceptors (Lipinski definition) is 3. The lowest BCUT2D eigenvalue weighted by atomic mass is 9.95. The fourth-order valence-corrected chi connectivity index (χ4v) is 2.20. The van der Waals surface area contributed by atoms with Crippen LogP contribution in [0.1, 0.15) is 33.6 Å². The summed E-state index contributed by atoms with van der Waals surface area (Å²) < 4.78 is 1.23. The zero-order chi connectivity index (χ0) is 13.0. The fourth-order valence-electron chi connectivity index (χ4n) is 1.97. The molecule has 17 heavy (non-hydrogen) atoms. The van der Waals surface area contributed by atoms with Gasteiger partial charge < -0.3 is 5.32 Å². The second-order valence-electron chi connectivity index (χ2n) is 4.31. The Bertz CT molecular complexity index is 426. The minimum Gasteiger partial charge on any atom is -0.380 e. The summed E-state index contributed by atoms with van der Waals surface area (Å²) in [6.45, 7) is 6.43. The van der Waals surface area contributed by atoms with Crippen molar-refractivity contribution in [1.29, 1.82) is 0 Å². The van der Waals surface area contributed by atoms with Crippen LogP contribution in [0.5, 0.6) is 0 Å². The van der Waals surface area contributed by atoms with Gasteiger partial charge in [-0.2, -0.15) is 5.10 Å². The van der Waals surface area contributed by atoms with E-state index in [4.69, 9.17) is 11.6 Å². The Morgan fingerprint density at radius 1 is 1.47 bits per heavy atom. The van der Waals surface area contributed by atoms with Gasteiger partial charge in [-0.1, -0.05) is 38.3 Å². The zero-order valence-corrected chi connectivity index (χ0v) is 11.6. The summed E-state index contributed by atoms with van der Waals surface area (Å²) in [5.41, 5.74) is 0.350. The molecule has 0 saturated heterocycles. The third kappa shape index (κ3) is 3.22. The monoisotopic (exact) mass is 257 g/mol. The van der Waals surface area contributed by atoms with Gasteiger partial charge in [0.05, 0.1) is 11.9 Å². The molecule has 1 N–H and O–H groups in total. The molecular weight excluding hydrogens is 238 g/mol. The van der Waals surface area contributed by atoms with Crippen LogP contribution in [0.2, 0.25) is 5.02 Å². The second kappa shape index (κ2) is 6.05. The molecule has 96 valence electrons. The maximum Gasteiger partial charge on any atom is 0.287 e. The molecule has 0 aliphatic rings. The van der Waals surface area contributed by atoms with Crippen LogP contribution in [0.4, 0.5) is 5.69 Å². The van der Waals surface area contributed by atoms with Crippen LogP contribution in [0, 0.1) is 5.92 Å². The Hall–Kier alpha value is -1.03. The summed E-state index contributed by atoms with van der Waals surface area (Å²) in [7, 11) is 1.59. The summed E-state index contributed by atoms with van der Waals surface area (Å²) >= 11 is 6.00. The van der Waals surface area contributed by atoms with Crippen LogP contribution >= 0.6 is 11.6 Å². The lowest BCUT2D eigenvalue weighted by Gasteiger charge is -2.23. The third-order valence-electron chi connectivity index (χ3n) is 3.22. The Balaban J connectivity index is 2.89. The average molecular weight is 258 g/mol. The maximum absolute atomic E-state index is 11.6. The molecule has 1 aromatic heterocycles. The van der Waals surface area contributed by atoms with E-state index in [0.29, 0.717) is 11.6 Å². The van der Waals surface area contributed by atoms with Gasteiger partial charge in [-0.15, -0.1) is 0 Å². The van der Waals surface area contributed by atoms with Gasteiger partial charge in [0.25, 0.3) is 5.56 Å². The number of nitrogens with one attached hydrogen (secondary N) is 1. The molecule has 0 spiro atoms. The molecule has 1 atom stereocenters. The van der Waals surface area contributed by atoms with Crippen LogP contribution in [0.25, 0.3) is 0 Å². The van der Waals surface area contributed by atoms with Crippen molar-refractivity contribution in [3.63, 3.8) is 0 Å². The molecule has 1 aromatic rings. The maximum atomic E-state index is 11.6. The van der Waals surface area contributed by atoms with Crippen LogP contribution < -0.4 is 10.9 Å². The molecular formula is C12H20ClN3O. The van der Waals surface area contributed by atoms with Crippen LogP contribution in [0.15, 0.2) is 11.0 Å². The van der Waals surface area contributed by atoms with Gasteiger partial charge in [0.15, 0.2) is 0 Å². The van der Waals surface area contributed by atoms with Gasteiger partial charge in [-0.05, 0) is 12.8 Å². The molecule has 5 heteroatoms. The second-order valence-corrected chi connectivity index (χ2v) is 4.69. The van der Waals surface area contributed by atoms with E-state index < -0.39 is 0 Å². The first-order valence-electron chi connectivity index (χ1n) is 5.99. The first kappa shape index (κ1) is 14.0. The molecule has 1 heterocycles. The Kier molecular flexibility index (Phi) is 5.00. The Labute approximate surface area is 107 Å². The first-order valence-corrected chi connectivity index (χ1v) is 6.37. The van der Waals surface area contributed by atoms with E-state index in [1.165, 1.54) is 4.68 Å². The summed E-state index contributed by atoms with van der Waals surface area (Å²) in [4.78, 5) is 11.6. The normalized spacial score (nSPS) is 12.8. The number of aromatic nitrogens is 2. The molecule has 0 radical (unpaired) electrons. The standard InChI is InChI=1S/C12H20ClN3O/c1-5-9(6-2)8(3)15-10-7-14-16(4)12(17)11(10)13/h7-9,15H,5-6H2,1-4H3. The SMILES string of the molecule is CCC(CC)C(C)Nc1cnn(C)c(=O)c1Cl. The van der Waals surface area contributed by atoms with Gasteiger partial charge >= 0.3 is 0 Å². The molecule has 1 unspecified atom stereocenters. The number of anilines is 1. The van der Waals surface area contributed by atoms with Crippen molar-refractivity contribution in [1.82, 2.24) is 9.78 Å². The highest BCUT2D eigenvalue weighted by Crippen LogP contribution is 2.21. The van der Waals surface area contributed by atoms with Crippen molar-refractivity contribution in [2.45, 2.75) is 39.7 Å². The number of aryl methyl sites for hydroxylation is 1. The fraction of sp³-hybridized carbons (Fsp3) is 0.667. The number of hydrogen-bond donors (Lipinski definition) is 1. The summed E-state index contributed by atoms with van der Waals surface area (Å²) in [6, 6.07) is 0.274. The summed E-state index contributed by atoms with van der Waals surface area (Å²) in [6.07, 6.45) is 3.80. The van der Waals surface area contributed by atoms with Crippen LogP contribution in [-0.4, -0.2) is 15.8 Å². The molecule has 1 rings (SSSR count). The molecule has 0 amide bonds. The third-order valence-corrected chi connectivity index (χ3v) is 3.58. The molecule has 0 aliphatic carbocycles. The summed E-state index contributed by atoms with van der Waals surface area (Å²) in [5.74, 6) is 0.565. The largest absolute Gasteiger partial charge is 0.380 e. The van der Waals surface area contributed by atoms with Crippen molar-refractivity contribution in [2.24, 2.45) is 13.0 Å². The summed E-state index contributed by atoms with van der Waals surface area (Å²) in [5, 5.41) is 7.44. The lowest BCUT2D eigenvalue weighted by Crippen LogP contribution is -2.28. The first-order chi connectivity index (χ1) is 8.01. The number of halogens is 1. The highest BCUT2D eigenvalue weighted by Gasteiger charge is 2.15. The van der Waals surface area contributed by atoms with E-state index >= 15 is 0 Å². The minimum absolute atomic E-state index is 0.209. The highest BCUT2D eigenvalue weighted by atomic mass is 35.5. The van der Waals surface area contributed by atoms with Gasteiger partial charge in [-0.25, -0.2) is 4.68 Å². The smallest absolute Gasteiger partial charge is 0.287 e. The van der Waals surface area contributed by atoms with E-state index in [2.05, 4.69) is 31.2 Å².